The van der Waals surface area contributed by atoms with Crippen LogP contribution in [0.5, 0.6) is 5.75 Å². The van der Waals surface area contributed by atoms with Gasteiger partial charge >= 0.3 is 0 Å². The van der Waals surface area contributed by atoms with E-state index in [9.17, 15) is 5.11 Å². The third kappa shape index (κ3) is 1.84. The maximum absolute atomic E-state index is 9.99. The average Bonchev–Trinajstić information content (AvgIpc) is 2.69. The minimum atomic E-state index is 0.249. The highest BCUT2D eigenvalue weighted by atomic mass is 35.5. The van der Waals surface area contributed by atoms with Crippen LogP contribution in [0.4, 0.5) is 0 Å². The van der Waals surface area contributed by atoms with Gasteiger partial charge in [0, 0.05) is 11.6 Å². The Hall–Kier alpha value is -0.730. The SMILES string of the molecule is Cc1cc(Cl)c(O)c(C2CCCN2)c1C. The number of nitrogens with one attached hydrogen (secondary N) is 1. The number of phenolic OH excluding ortho intramolecular Hbond substituents is 1. The highest BCUT2D eigenvalue weighted by Gasteiger charge is 2.23. The van der Waals surface area contributed by atoms with Crippen LogP contribution in [0.2, 0.25) is 5.02 Å². The fourth-order valence-electron chi connectivity index (χ4n) is 2.24. The minimum Gasteiger partial charge on any atom is -0.506 e. The van der Waals surface area contributed by atoms with E-state index in [1.54, 1.807) is 0 Å². The summed E-state index contributed by atoms with van der Waals surface area (Å²) in [5, 5.41) is 13.8. The van der Waals surface area contributed by atoms with Gasteiger partial charge in [-0.25, -0.2) is 0 Å². The lowest BCUT2D eigenvalue weighted by Crippen LogP contribution is -2.14. The van der Waals surface area contributed by atoms with Crippen molar-refractivity contribution in [3.05, 3.63) is 27.8 Å². The van der Waals surface area contributed by atoms with E-state index in [-0.39, 0.29) is 11.8 Å². The van der Waals surface area contributed by atoms with Gasteiger partial charge in [-0.3, -0.25) is 0 Å². The number of benzene rings is 1. The number of aromatic hydroxyl groups is 1. The average molecular weight is 226 g/mol. The molecule has 0 aliphatic carbocycles. The van der Waals surface area contributed by atoms with Crippen molar-refractivity contribution in [2.45, 2.75) is 32.7 Å². The molecule has 0 bridgehead atoms. The van der Waals surface area contributed by atoms with E-state index in [1.165, 1.54) is 0 Å². The summed E-state index contributed by atoms with van der Waals surface area (Å²) in [4.78, 5) is 0. The maximum atomic E-state index is 9.99. The van der Waals surface area contributed by atoms with Gasteiger partial charge in [-0.15, -0.1) is 0 Å². The van der Waals surface area contributed by atoms with E-state index >= 15 is 0 Å². The van der Waals surface area contributed by atoms with Crippen LogP contribution >= 0.6 is 11.6 Å². The minimum absolute atomic E-state index is 0.249. The van der Waals surface area contributed by atoms with Gasteiger partial charge in [-0.05, 0) is 50.4 Å². The summed E-state index contributed by atoms with van der Waals surface area (Å²) in [5.74, 6) is 0.249. The monoisotopic (exact) mass is 225 g/mol. The molecular weight excluding hydrogens is 210 g/mol. The molecule has 1 heterocycles. The number of hydrogen-bond acceptors (Lipinski definition) is 2. The summed E-state index contributed by atoms with van der Waals surface area (Å²) in [6, 6.07) is 2.09. The molecule has 0 radical (unpaired) electrons. The Labute approximate surface area is 95.3 Å². The van der Waals surface area contributed by atoms with Crippen LogP contribution in [0.15, 0.2) is 6.07 Å². The maximum Gasteiger partial charge on any atom is 0.139 e. The molecule has 15 heavy (non-hydrogen) atoms. The second kappa shape index (κ2) is 4.03. The molecule has 0 amide bonds. The summed E-state index contributed by atoms with van der Waals surface area (Å²) in [7, 11) is 0. The molecule has 2 N–H and O–H groups in total. The molecule has 1 aromatic carbocycles. The lowest BCUT2D eigenvalue weighted by atomic mass is 9.95. The fraction of sp³-hybridized carbons (Fsp3) is 0.500. The largest absolute Gasteiger partial charge is 0.506 e. The van der Waals surface area contributed by atoms with E-state index in [0.29, 0.717) is 5.02 Å². The quantitative estimate of drug-likeness (QED) is 0.770. The number of halogens is 1. The normalized spacial score (nSPS) is 20.9. The number of aryl methyl sites for hydroxylation is 1. The van der Waals surface area contributed by atoms with Crippen LogP contribution in [-0.4, -0.2) is 11.7 Å². The number of hydrogen-bond donors (Lipinski definition) is 2. The smallest absolute Gasteiger partial charge is 0.139 e. The zero-order valence-corrected chi connectivity index (χ0v) is 9.86. The summed E-state index contributed by atoms with van der Waals surface area (Å²) in [5.41, 5.74) is 3.27. The molecule has 82 valence electrons. The van der Waals surface area contributed by atoms with Gasteiger partial charge in [-0.2, -0.15) is 0 Å². The Morgan fingerprint density at radius 1 is 1.47 bits per heavy atom. The van der Waals surface area contributed by atoms with E-state index < -0.39 is 0 Å². The van der Waals surface area contributed by atoms with Gasteiger partial charge in [0.1, 0.15) is 5.75 Å². The van der Waals surface area contributed by atoms with Gasteiger partial charge in [0.05, 0.1) is 5.02 Å². The summed E-state index contributed by atoms with van der Waals surface area (Å²) in [6.07, 6.45) is 2.24. The predicted molar refractivity (Wildman–Crippen MR) is 62.6 cm³/mol. The zero-order chi connectivity index (χ0) is 11.0. The molecule has 1 aliphatic rings. The second-order valence-corrected chi connectivity index (χ2v) is 4.62. The van der Waals surface area contributed by atoms with E-state index in [2.05, 4.69) is 5.32 Å². The molecule has 1 fully saturated rings. The van der Waals surface area contributed by atoms with E-state index in [1.807, 2.05) is 19.9 Å². The molecule has 3 heteroatoms. The first kappa shape index (κ1) is 10.8. The van der Waals surface area contributed by atoms with Crippen LogP contribution < -0.4 is 5.32 Å². The van der Waals surface area contributed by atoms with Crippen molar-refractivity contribution in [2.75, 3.05) is 6.54 Å². The standard InChI is InChI=1S/C12H16ClNO/c1-7-6-9(13)12(15)11(8(7)2)10-4-3-5-14-10/h6,10,14-15H,3-5H2,1-2H3. The number of phenols is 1. The van der Waals surface area contributed by atoms with Crippen molar-refractivity contribution < 1.29 is 5.11 Å². The highest BCUT2D eigenvalue weighted by molar-refractivity contribution is 6.32. The van der Waals surface area contributed by atoms with Crippen molar-refractivity contribution in [3.63, 3.8) is 0 Å². The van der Waals surface area contributed by atoms with Crippen LogP contribution in [0.1, 0.15) is 35.6 Å². The Kier molecular flexibility index (Phi) is 2.89. The molecule has 0 aromatic heterocycles. The topological polar surface area (TPSA) is 32.3 Å². The molecule has 1 atom stereocenters. The molecule has 0 saturated carbocycles. The van der Waals surface area contributed by atoms with Crippen LogP contribution in [0.25, 0.3) is 0 Å². The third-order valence-electron chi connectivity index (χ3n) is 3.23. The molecule has 1 aliphatic heterocycles. The van der Waals surface area contributed by atoms with Crippen molar-refractivity contribution >= 4 is 11.6 Å². The molecule has 1 aromatic rings. The van der Waals surface area contributed by atoms with Gasteiger partial charge in [0.25, 0.3) is 0 Å². The summed E-state index contributed by atoms with van der Waals surface area (Å²) in [6.45, 7) is 5.09. The van der Waals surface area contributed by atoms with Crippen molar-refractivity contribution in [1.82, 2.24) is 5.32 Å². The number of rotatable bonds is 1. The zero-order valence-electron chi connectivity index (χ0n) is 9.10. The Morgan fingerprint density at radius 2 is 2.20 bits per heavy atom. The predicted octanol–water partition coefficient (Wildman–Crippen LogP) is 3.09. The molecule has 1 unspecified atom stereocenters. The van der Waals surface area contributed by atoms with E-state index in [4.69, 9.17) is 11.6 Å². The Balaban J connectivity index is 2.52. The van der Waals surface area contributed by atoms with Crippen molar-refractivity contribution in [2.24, 2.45) is 0 Å². The third-order valence-corrected chi connectivity index (χ3v) is 3.52. The van der Waals surface area contributed by atoms with Gasteiger partial charge < -0.3 is 10.4 Å². The molecule has 0 spiro atoms. The van der Waals surface area contributed by atoms with Crippen molar-refractivity contribution in [1.29, 1.82) is 0 Å². The molecule has 2 rings (SSSR count). The van der Waals surface area contributed by atoms with Crippen LogP contribution in [0.3, 0.4) is 0 Å². The molecular formula is C12H16ClNO. The first-order valence-electron chi connectivity index (χ1n) is 5.33. The van der Waals surface area contributed by atoms with Gasteiger partial charge in [0.2, 0.25) is 0 Å². The first-order valence-corrected chi connectivity index (χ1v) is 5.71. The lowest BCUT2D eigenvalue weighted by molar-refractivity contribution is 0.456. The summed E-state index contributed by atoms with van der Waals surface area (Å²) < 4.78 is 0. The van der Waals surface area contributed by atoms with E-state index in [0.717, 1.165) is 36.1 Å². The van der Waals surface area contributed by atoms with Gasteiger partial charge in [0.15, 0.2) is 0 Å². The lowest BCUT2D eigenvalue weighted by Gasteiger charge is -2.18. The summed E-state index contributed by atoms with van der Waals surface area (Å²) >= 11 is 5.99. The van der Waals surface area contributed by atoms with Crippen LogP contribution in [-0.2, 0) is 0 Å². The Bertz CT molecular complexity index is 357. The molecule has 2 nitrogen and oxygen atoms in total. The van der Waals surface area contributed by atoms with Gasteiger partial charge in [-0.1, -0.05) is 11.6 Å². The first-order chi connectivity index (χ1) is 7.11. The second-order valence-electron chi connectivity index (χ2n) is 4.21. The highest BCUT2D eigenvalue weighted by Crippen LogP contribution is 2.38. The van der Waals surface area contributed by atoms with Crippen molar-refractivity contribution in [3.8, 4) is 5.75 Å². The van der Waals surface area contributed by atoms with Crippen LogP contribution in [0, 0.1) is 13.8 Å². The molecule has 1 saturated heterocycles. The Morgan fingerprint density at radius 3 is 2.80 bits per heavy atom. The fourth-order valence-corrected chi connectivity index (χ4v) is 2.51.